The van der Waals surface area contributed by atoms with Crippen LogP contribution in [0.5, 0.6) is 5.75 Å². The molecular weight excluding hydrogens is 422 g/mol. The summed E-state index contributed by atoms with van der Waals surface area (Å²) in [6.45, 7) is -0.123. The van der Waals surface area contributed by atoms with Gasteiger partial charge >= 0.3 is 0 Å². The first-order chi connectivity index (χ1) is 13.5. The molecule has 28 heavy (non-hydrogen) atoms. The minimum Gasteiger partial charge on any atom is -0.485 e. The predicted molar refractivity (Wildman–Crippen MR) is 108 cm³/mol. The number of ketones is 1. The highest BCUT2D eigenvalue weighted by Gasteiger charge is 2.47. The van der Waals surface area contributed by atoms with Crippen LogP contribution in [0.3, 0.4) is 0 Å². The van der Waals surface area contributed by atoms with Crippen molar-refractivity contribution in [3.63, 3.8) is 0 Å². The Hall–Kier alpha value is -2.73. The summed E-state index contributed by atoms with van der Waals surface area (Å²) in [5.74, 6) is -0.591. The number of hydrogen-bond acceptors (Lipinski definition) is 4. The van der Waals surface area contributed by atoms with Crippen LogP contribution < -0.4 is 9.64 Å². The minimum absolute atomic E-state index is 0.123. The van der Waals surface area contributed by atoms with Gasteiger partial charge in [-0.1, -0.05) is 46.3 Å². The van der Waals surface area contributed by atoms with Crippen molar-refractivity contribution in [2.45, 2.75) is 12.8 Å². The quantitative estimate of drug-likeness (QED) is 0.398. The zero-order valence-electron chi connectivity index (χ0n) is 15.0. The maximum absolute atomic E-state index is 12.7. The molecule has 6 heteroatoms. The van der Waals surface area contributed by atoms with E-state index in [4.69, 9.17) is 4.74 Å². The molecule has 0 unspecified atom stereocenters. The molecule has 0 bridgehead atoms. The van der Waals surface area contributed by atoms with Crippen molar-refractivity contribution in [3.8, 4) is 5.75 Å². The summed E-state index contributed by atoms with van der Waals surface area (Å²) in [5.41, 5.74) is 1.04. The Kier molecular flexibility index (Phi) is 5.13. The van der Waals surface area contributed by atoms with Crippen molar-refractivity contribution < 1.29 is 19.1 Å². The van der Waals surface area contributed by atoms with Gasteiger partial charge in [0.15, 0.2) is 12.4 Å². The molecule has 2 aromatic rings. The van der Waals surface area contributed by atoms with Crippen molar-refractivity contribution in [1.29, 1.82) is 0 Å². The number of fused-ring (bicyclic) bond motifs is 1. The number of nitrogens with zero attached hydrogens (tertiary/aromatic N) is 1. The SMILES string of the molecule is O=C(COc1cccc(N2C(=O)[C@H]3CC=CC[C@H]3C2=O)c1)c1ccc(Br)cc1. The molecule has 1 heterocycles. The lowest BCUT2D eigenvalue weighted by Crippen LogP contribution is -2.30. The highest BCUT2D eigenvalue weighted by molar-refractivity contribution is 9.10. The molecule has 4 rings (SSSR count). The number of carbonyl (C=O) groups excluding carboxylic acids is 3. The van der Waals surface area contributed by atoms with Gasteiger partial charge in [-0.05, 0) is 37.1 Å². The number of rotatable bonds is 5. The van der Waals surface area contributed by atoms with Crippen LogP contribution in [0.1, 0.15) is 23.2 Å². The Morgan fingerprint density at radius 1 is 1.00 bits per heavy atom. The number of amides is 2. The van der Waals surface area contributed by atoms with Crippen LogP contribution in [0.2, 0.25) is 0 Å². The normalized spacial score (nSPS) is 21.0. The molecule has 0 radical (unpaired) electrons. The highest BCUT2D eigenvalue weighted by Crippen LogP contribution is 2.38. The van der Waals surface area contributed by atoms with E-state index in [0.29, 0.717) is 29.8 Å². The van der Waals surface area contributed by atoms with Gasteiger partial charge in [-0.15, -0.1) is 0 Å². The van der Waals surface area contributed by atoms with E-state index >= 15 is 0 Å². The maximum Gasteiger partial charge on any atom is 0.238 e. The number of halogens is 1. The van der Waals surface area contributed by atoms with Crippen LogP contribution in [0.4, 0.5) is 5.69 Å². The number of benzene rings is 2. The molecule has 5 nitrogen and oxygen atoms in total. The van der Waals surface area contributed by atoms with Crippen LogP contribution in [0, 0.1) is 11.8 Å². The van der Waals surface area contributed by atoms with Crippen molar-refractivity contribution in [2.75, 3.05) is 11.5 Å². The number of carbonyl (C=O) groups is 3. The number of allylic oxidation sites excluding steroid dienone is 2. The van der Waals surface area contributed by atoms with Gasteiger partial charge in [0.05, 0.1) is 17.5 Å². The summed E-state index contributed by atoms with van der Waals surface area (Å²) in [7, 11) is 0. The fraction of sp³-hybridized carbons (Fsp3) is 0.227. The largest absolute Gasteiger partial charge is 0.485 e. The molecule has 2 amide bonds. The molecule has 1 saturated heterocycles. The maximum atomic E-state index is 12.7. The first-order valence-corrected chi connectivity index (χ1v) is 9.88. The summed E-state index contributed by atoms with van der Waals surface area (Å²) >= 11 is 3.34. The third-order valence-corrected chi connectivity index (χ3v) is 5.65. The molecule has 1 fully saturated rings. The van der Waals surface area contributed by atoms with Gasteiger partial charge in [0, 0.05) is 16.1 Å². The average Bonchev–Trinajstić information content (AvgIpc) is 2.98. The van der Waals surface area contributed by atoms with E-state index in [9.17, 15) is 14.4 Å². The summed E-state index contributed by atoms with van der Waals surface area (Å²) in [5, 5.41) is 0. The molecule has 0 spiro atoms. The lowest BCUT2D eigenvalue weighted by atomic mass is 9.85. The molecule has 2 aliphatic rings. The van der Waals surface area contributed by atoms with Gasteiger partial charge in [-0.3, -0.25) is 14.4 Å². The molecule has 1 aliphatic heterocycles. The smallest absolute Gasteiger partial charge is 0.238 e. The van der Waals surface area contributed by atoms with Crippen LogP contribution >= 0.6 is 15.9 Å². The van der Waals surface area contributed by atoms with E-state index in [0.717, 1.165) is 4.47 Å². The van der Waals surface area contributed by atoms with Gasteiger partial charge in [0.25, 0.3) is 0 Å². The number of ether oxygens (including phenoxy) is 1. The van der Waals surface area contributed by atoms with Gasteiger partial charge in [-0.2, -0.15) is 0 Å². The summed E-state index contributed by atoms with van der Waals surface area (Å²) in [4.78, 5) is 39.0. The van der Waals surface area contributed by atoms with E-state index < -0.39 is 0 Å². The molecule has 0 saturated carbocycles. The monoisotopic (exact) mass is 439 g/mol. The molecular formula is C22H18BrNO4. The first-order valence-electron chi connectivity index (χ1n) is 9.09. The number of anilines is 1. The van der Waals surface area contributed by atoms with Crippen LogP contribution in [-0.4, -0.2) is 24.2 Å². The molecule has 2 atom stereocenters. The van der Waals surface area contributed by atoms with Gasteiger partial charge in [-0.25, -0.2) is 4.90 Å². The van der Waals surface area contributed by atoms with Gasteiger partial charge < -0.3 is 4.74 Å². The Morgan fingerprint density at radius 3 is 2.29 bits per heavy atom. The van der Waals surface area contributed by atoms with E-state index in [-0.39, 0.29) is 36.0 Å². The number of imide groups is 1. The Labute approximate surface area is 171 Å². The zero-order chi connectivity index (χ0) is 19.7. The van der Waals surface area contributed by atoms with E-state index in [1.165, 1.54) is 4.90 Å². The zero-order valence-corrected chi connectivity index (χ0v) is 16.6. The lowest BCUT2D eigenvalue weighted by molar-refractivity contribution is -0.122. The van der Waals surface area contributed by atoms with Crippen molar-refractivity contribution >= 4 is 39.2 Å². The van der Waals surface area contributed by atoms with Gasteiger partial charge in [0.2, 0.25) is 11.8 Å². The third-order valence-electron chi connectivity index (χ3n) is 5.12. The van der Waals surface area contributed by atoms with Crippen LogP contribution in [-0.2, 0) is 9.59 Å². The lowest BCUT2D eigenvalue weighted by Gasteiger charge is -2.16. The van der Waals surface area contributed by atoms with Crippen LogP contribution in [0.25, 0.3) is 0 Å². The molecule has 1 aliphatic carbocycles. The molecule has 2 aromatic carbocycles. The highest BCUT2D eigenvalue weighted by atomic mass is 79.9. The van der Waals surface area contributed by atoms with E-state index in [1.54, 1.807) is 48.5 Å². The Bertz CT molecular complexity index is 941. The fourth-order valence-electron chi connectivity index (χ4n) is 3.64. The number of hydrogen-bond donors (Lipinski definition) is 0. The topological polar surface area (TPSA) is 63.7 Å². The fourth-order valence-corrected chi connectivity index (χ4v) is 3.90. The average molecular weight is 440 g/mol. The molecule has 0 aromatic heterocycles. The van der Waals surface area contributed by atoms with Gasteiger partial charge in [0.1, 0.15) is 5.75 Å². The third kappa shape index (κ3) is 3.52. The Balaban J connectivity index is 1.47. The van der Waals surface area contributed by atoms with E-state index in [2.05, 4.69) is 15.9 Å². The van der Waals surface area contributed by atoms with E-state index in [1.807, 2.05) is 12.2 Å². The second-order valence-electron chi connectivity index (χ2n) is 6.88. The van der Waals surface area contributed by atoms with Crippen molar-refractivity contribution in [2.24, 2.45) is 11.8 Å². The first kappa shape index (κ1) is 18.6. The number of Topliss-reactive ketones (excluding diaryl/α,β-unsaturated/α-hetero) is 1. The Morgan fingerprint density at radius 2 is 1.64 bits per heavy atom. The second-order valence-corrected chi connectivity index (χ2v) is 7.80. The van der Waals surface area contributed by atoms with Crippen LogP contribution in [0.15, 0.2) is 65.2 Å². The van der Waals surface area contributed by atoms with Crippen molar-refractivity contribution in [1.82, 2.24) is 0 Å². The summed E-state index contributed by atoms with van der Waals surface area (Å²) < 4.78 is 6.52. The summed E-state index contributed by atoms with van der Waals surface area (Å²) in [6.07, 6.45) is 5.12. The summed E-state index contributed by atoms with van der Waals surface area (Å²) in [6, 6.07) is 13.8. The predicted octanol–water partition coefficient (Wildman–Crippen LogP) is 4.17. The second kappa shape index (κ2) is 7.72. The molecule has 142 valence electrons. The molecule has 0 N–H and O–H groups in total. The van der Waals surface area contributed by atoms with Crippen molar-refractivity contribution in [3.05, 3.63) is 70.7 Å². The standard InChI is InChI=1S/C22H18BrNO4/c23-15-10-8-14(9-11-15)20(25)13-28-17-5-3-4-16(12-17)24-21(26)18-6-1-2-7-19(18)22(24)27/h1-5,8-12,18-19H,6-7,13H2/t18-,19+. The minimum atomic E-state index is -0.277.